The second kappa shape index (κ2) is 3.91. The first-order valence-corrected chi connectivity index (χ1v) is 4.99. The monoisotopic (exact) mass is 196 g/mol. The average molecular weight is 196 g/mol. The Hall–Kier alpha value is -1.17. The van der Waals surface area contributed by atoms with E-state index in [2.05, 4.69) is 27.5 Å². The molecule has 0 aliphatic carbocycles. The Labute approximate surface area is 83.1 Å². The largest absolute Gasteiger partial charge is 0.367 e. The molecular weight excluding hydrogens is 180 g/mol. The summed E-state index contributed by atoms with van der Waals surface area (Å²) in [5.74, 6) is 0.406. The zero-order valence-electron chi connectivity index (χ0n) is 8.43. The first-order valence-electron chi connectivity index (χ1n) is 4.99. The number of hydrogen-bond donors (Lipinski definition) is 1. The maximum Gasteiger partial charge on any atom is 0.240 e. The third-order valence-corrected chi connectivity index (χ3v) is 2.86. The second-order valence-corrected chi connectivity index (χ2v) is 3.85. The van der Waals surface area contributed by atoms with Crippen LogP contribution in [0.4, 0.5) is 5.95 Å². The van der Waals surface area contributed by atoms with Gasteiger partial charge in [0.05, 0.1) is 6.54 Å². The van der Waals surface area contributed by atoms with Gasteiger partial charge in [-0.25, -0.2) is 4.68 Å². The highest BCUT2D eigenvalue weighted by Gasteiger charge is 2.20. The lowest BCUT2D eigenvalue weighted by atomic mass is 10.0. The maximum atomic E-state index is 5.61. The van der Waals surface area contributed by atoms with E-state index in [0.717, 1.165) is 13.1 Å². The van der Waals surface area contributed by atoms with Gasteiger partial charge in [-0.15, -0.1) is 0 Å². The van der Waals surface area contributed by atoms with Gasteiger partial charge in [-0.1, -0.05) is 11.5 Å². The fraction of sp³-hybridized carbons (Fsp3) is 0.875. The van der Waals surface area contributed by atoms with Gasteiger partial charge in [0.15, 0.2) is 0 Å². The van der Waals surface area contributed by atoms with Crippen LogP contribution in [0.25, 0.3) is 0 Å². The number of likely N-dealkylation sites (N-methyl/N-ethyl adjacent to an activating group) is 1. The smallest absolute Gasteiger partial charge is 0.240 e. The Morgan fingerprint density at radius 3 is 3.00 bits per heavy atom. The van der Waals surface area contributed by atoms with Crippen molar-refractivity contribution in [1.29, 1.82) is 0 Å². The minimum Gasteiger partial charge on any atom is -0.367 e. The first-order chi connectivity index (χ1) is 6.77. The van der Waals surface area contributed by atoms with Crippen LogP contribution in [-0.4, -0.2) is 44.7 Å². The summed E-state index contributed by atoms with van der Waals surface area (Å²) in [6.07, 6.45) is 3.78. The highest BCUT2D eigenvalue weighted by molar-refractivity contribution is 5.10. The number of anilines is 1. The molecule has 0 bridgehead atoms. The van der Waals surface area contributed by atoms with Crippen LogP contribution < -0.4 is 5.73 Å². The van der Waals surface area contributed by atoms with Crippen molar-refractivity contribution in [3.05, 3.63) is 0 Å². The molecule has 0 aromatic carbocycles. The summed E-state index contributed by atoms with van der Waals surface area (Å²) in [6.45, 7) is 1.96. The van der Waals surface area contributed by atoms with Crippen molar-refractivity contribution in [1.82, 2.24) is 25.1 Å². The topological polar surface area (TPSA) is 72.9 Å². The number of rotatable bonds is 2. The van der Waals surface area contributed by atoms with Crippen molar-refractivity contribution in [2.24, 2.45) is 0 Å². The standard InChI is InChI=1S/C8H16N6/c1-13-5-3-2-4-7(13)6-14-8(9)10-11-12-14/h7H,2-6H2,1H3,(H2,9,10,12). The normalized spacial score (nSPS) is 23.9. The van der Waals surface area contributed by atoms with Crippen molar-refractivity contribution in [3.63, 3.8) is 0 Å². The Morgan fingerprint density at radius 1 is 1.50 bits per heavy atom. The molecule has 1 fully saturated rings. The predicted molar refractivity (Wildman–Crippen MR) is 52.5 cm³/mol. The molecule has 1 aromatic rings. The van der Waals surface area contributed by atoms with Crippen LogP contribution >= 0.6 is 0 Å². The van der Waals surface area contributed by atoms with Crippen LogP contribution in [-0.2, 0) is 6.54 Å². The molecule has 1 aromatic heterocycles. The molecule has 1 saturated heterocycles. The highest BCUT2D eigenvalue weighted by atomic mass is 15.6. The summed E-state index contributed by atoms with van der Waals surface area (Å²) >= 11 is 0. The van der Waals surface area contributed by atoms with Gasteiger partial charge in [0.25, 0.3) is 0 Å². The van der Waals surface area contributed by atoms with Crippen molar-refractivity contribution >= 4 is 5.95 Å². The number of tetrazole rings is 1. The number of nitrogen functional groups attached to an aromatic ring is 1. The lowest BCUT2D eigenvalue weighted by molar-refractivity contribution is 0.163. The zero-order valence-corrected chi connectivity index (χ0v) is 8.43. The summed E-state index contributed by atoms with van der Waals surface area (Å²) in [6, 6.07) is 0.523. The fourth-order valence-corrected chi connectivity index (χ4v) is 1.92. The van der Waals surface area contributed by atoms with Gasteiger partial charge in [0, 0.05) is 6.04 Å². The van der Waals surface area contributed by atoms with E-state index in [1.165, 1.54) is 19.3 Å². The summed E-state index contributed by atoms with van der Waals surface area (Å²) in [5, 5.41) is 11.0. The third kappa shape index (κ3) is 1.84. The molecule has 2 N–H and O–H groups in total. The van der Waals surface area contributed by atoms with E-state index in [1.54, 1.807) is 4.68 Å². The van der Waals surface area contributed by atoms with Crippen molar-refractivity contribution < 1.29 is 0 Å². The SMILES string of the molecule is CN1CCCCC1Cn1nnnc1N. The van der Waals surface area contributed by atoms with E-state index < -0.39 is 0 Å². The molecule has 2 heterocycles. The number of hydrogen-bond acceptors (Lipinski definition) is 5. The van der Waals surface area contributed by atoms with Crippen molar-refractivity contribution in [2.45, 2.75) is 31.8 Å². The average Bonchev–Trinajstić information content (AvgIpc) is 2.56. The van der Waals surface area contributed by atoms with Crippen molar-refractivity contribution in [3.8, 4) is 0 Å². The predicted octanol–water partition coefficient (Wildman–Crippen LogP) is -0.260. The molecule has 1 unspecified atom stereocenters. The van der Waals surface area contributed by atoms with E-state index in [4.69, 9.17) is 5.73 Å². The minimum absolute atomic E-state index is 0.406. The lowest BCUT2D eigenvalue weighted by Crippen LogP contribution is -2.39. The number of aromatic nitrogens is 4. The summed E-state index contributed by atoms with van der Waals surface area (Å²) in [5.41, 5.74) is 5.61. The van der Waals surface area contributed by atoms with E-state index in [0.29, 0.717) is 12.0 Å². The summed E-state index contributed by atoms with van der Waals surface area (Å²) < 4.78 is 1.67. The van der Waals surface area contributed by atoms with Gasteiger partial charge < -0.3 is 10.6 Å². The molecule has 0 saturated carbocycles. The van der Waals surface area contributed by atoms with Gasteiger partial charge in [-0.2, -0.15) is 0 Å². The molecule has 6 nitrogen and oxygen atoms in total. The quantitative estimate of drug-likeness (QED) is 0.705. The van der Waals surface area contributed by atoms with Crippen LogP contribution in [0.2, 0.25) is 0 Å². The molecule has 0 amide bonds. The van der Waals surface area contributed by atoms with Gasteiger partial charge in [-0.05, 0) is 36.9 Å². The number of piperidine rings is 1. The summed E-state index contributed by atoms with van der Waals surface area (Å²) in [7, 11) is 2.14. The Kier molecular flexibility index (Phi) is 2.62. The van der Waals surface area contributed by atoms with Crippen LogP contribution in [0.5, 0.6) is 0 Å². The molecule has 14 heavy (non-hydrogen) atoms. The maximum absolute atomic E-state index is 5.61. The van der Waals surface area contributed by atoms with Crippen LogP contribution in [0.1, 0.15) is 19.3 Å². The van der Waals surface area contributed by atoms with Crippen LogP contribution in [0, 0.1) is 0 Å². The van der Waals surface area contributed by atoms with Crippen molar-refractivity contribution in [2.75, 3.05) is 19.3 Å². The van der Waals surface area contributed by atoms with Gasteiger partial charge in [-0.3, -0.25) is 0 Å². The van der Waals surface area contributed by atoms with E-state index in [-0.39, 0.29) is 0 Å². The molecule has 0 spiro atoms. The van der Waals surface area contributed by atoms with Crippen LogP contribution in [0.15, 0.2) is 0 Å². The van der Waals surface area contributed by atoms with Crippen LogP contribution in [0.3, 0.4) is 0 Å². The molecule has 6 heteroatoms. The van der Waals surface area contributed by atoms with Gasteiger partial charge in [0.2, 0.25) is 5.95 Å². The third-order valence-electron chi connectivity index (χ3n) is 2.86. The Balaban J connectivity index is 1.99. The highest BCUT2D eigenvalue weighted by Crippen LogP contribution is 2.16. The van der Waals surface area contributed by atoms with E-state index >= 15 is 0 Å². The van der Waals surface area contributed by atoms with Gasteiger partial charge in [0.1, 0.15) is 0 Å². The molecule has 1 aliphatic heterocycles. The Morgan fingerprint density at radius 2 is 2.36 bits per heavy atom. The van der Waals surface area contributed by atoms with E-state index in [1.807, 2.05) is 0 Å². The molecule has 1 atom stereocenters. The zero-order chi connectivity index (χ0) is 9.97. The molecule has 78 valence electrons. The number of nitrogens with zero attached hydrogens (tertiary/aromatic N) is 5. The fourth-order valence-electron chi connectivity index (χ4n) is 1.92. The minimum atomic E-state index is 0.406. The van der Waals surface area contributed by atoms with Gasteiger partial charge >= 0.3 is 0 Å². The molecular formula is C8H16N6. The number of likely N-dealkylation sites (tertiary alicyclic amines) is 1. The molecule has 1 aliphatic rings. The van der Waals surface area contributed by atoms with E-state index in [9.17, 15) is 0 Å². The first kappa shape index (κ1) is 9.39. The number of nitrogens with two attached hydrogens (primary N) is 1. The molecule has 0 radical (unpaired) electrons. The second-order valence-electron chi connectivity index (χ2n) is 3.85. The lowest BCUT2D eigenvalue weighted by Gasteiger charge is -2.32. The summed E-state index contributed by atoms with van der Waals surface area (Å²) in [4.78, 5) is 2.35. The molecule has 2 rings (SSSR count). The Bertz CT molecular complexity index is 296.